The summed E-state index contributed by atoms with van der Waals surface area (Å²) in [5.41, 5.74) is -4.65. The molecule has 2 saturated carbocycles. The minimum absolute atomic E-state index is 0.230. The van der Waals surface area contributed by atoms with Gasteiger partial charge in [-0.1, -0.05) is 81.7 Å². The van der Waals surface area contributed by atoms with Crippen molar-refractivity contribution >= 4 is 41.4 Å². The van der Waals surface area contributed by atoms with E-state index in [1.165, 1.54) is 0 Å². The highest BCUT2D eigenvalue weighted by atomic mass is 16.4. The number of hydrogen-bond donors (Lipinski definition) is 6. The molecule has 53 heavy (non-hydrogen) atoms. The lowest BCUT2D eigenvalue weighted by Crippen LogP contribution is -2.42. The average molecular weight is 745 g/mol. The van der Waals surface area contributed by atoms with Gasteiger partial charge in [0.05, 0.1) is 0 Å². The summed E-state index contributed by atoms with van der Waals surface area (Å²) in [7, 11) is 0. The average Bonchev–Trinajstić information content (AvgIpc) is 3.50. The van der Waals surface area contributed by atoms with Crippen molar-refractivity contribution < 1.29 is 59.4 Å². The van der Waals surface area contributed by atoms with Gasteiger partial charge in [-0.05, 0) is 109 Å². The van der Waals surface area contributed by atoms with Gasteiger partial charge in [-0.15, -0.1) is 0 Å². The van der Waals surface area contributed by atoms with E-state index < -0.39 is 81.1 Å². The van der Waals surface area contributed by atoms with Crippen LogP contribution in [-0.2, 0) is 46.0 Å². The molecule has 12 heteroatoms. The van der Waals surface area contributed by atoms with Crippen LogP contribution in [-0.4, -0.2) is 66.5 Å². The zero-order valence-corrected chi connectivity index (χ0v) is 33.8. The van der Waals surface area contributed by atoms with Gasteiger partial charge in [0, 0.05) is 10.8 Å². The van der Waals surface area contributed by atoms with Gasteiger partial charge < -0.3 is 30.6 Å². The van der Waals surface area contributed by atoms with Crippen LogP contribution >= 0.6 is 0 Å². The molecule has 0 bridgehead atoms. The Balaban J connectivity index is 0.00000114. The predicted octanol–water partition coefficient (Wildman–Crippen LogP) is 7.61. The number of carboxylic acids is 6. The van der Waals surface area contributed by atoms with Crippen LogP contribution in [0.5, 0.6) is 0 Å². The Kier molecular flexibility index (Phi) is 12.6. The van der Waals surface area contributed by atoms with Crippen LogP contribution in [0.1, 0.15) is 149 Å². The number of benzene rings is 1. The summed E-state index contributed by atoms with van der Waals surface area (Å²) in [6.45, 7) is 26.1. The van der Waals surface area contributed by atoms with Gasteiger partial charge in [-0.25, -0.2) is 0 Å². The number of aliphatic carboxylic acids is 6. The van der Waals surface area contributed by atoms with Gasteiger partial charge in [0.25, 0.3) is 0 Å². The number of rotatable bonds is 8. The minimum Gasteiger partial charge on any atom is -0.480 e. The molecule has 6 N–H and O–H groups in total. The van der Waals surface area contributed by atoms with E-state index in [1.807, 2.05) is 69.2 Å². The molecule has 0 aliphatic heterocycles. The monoisotopic (exact) mass is 744 g/mol. The van der Waals surface area contributed by atoms with Gasteiger partial charge in [0.2, 0.25) is 0 Å². The van der Waals surface area contributed by atoms with Crippen molar-refractivity contribution in [1.82, 2.24) is 0 Å². The van der Waals surface area contributed by atoms with E-state index in [1.54, 1.807) is 20.8 Å². The normalized spacial score (nSPS) is 28.2. The van der Waals surface area contributed by atoms with E-state index in [9.17, 15) is 59.4 Å². The molecule has 1 aromatic carbocycles. The van der Waals surface area contributed by atoms with Gasteiger partial charge >= 0.3 is 35.8 Å². The van der Waals surface area contributed by atoms with Crippen LogP contribution in [0.25, 0.3) is 5.57 Å². The highest BCUT2D eigenvalue weighted by molar-refractivity contribution is 6.09. The first-order chi connectivity index (χ1) is 24.7. The Morgan fingerprint density at radius 2 is 1.15 bits per heavy atom. The summed E-state index contributed by atoms with van der Waals surface area (Å²) in [6.07, 6.45) is -1.23. The van der Waals surface area contributed by atoms with E-state index in [0.717, 1.165) is 6.92 Å². The fraction of sp³-hybridized carbons (Fsp3) is 0.659. The summed E-state index contributed by atoms with van der Waals surface area (Å²) >= 11 is 0. The molecule has 12 nitrogen and oxygen atoms in total. The van der Waals surface area contributed by atoms with Gasteiger partial charge in [0.1, 0.15) is 0 Å². The van der Waals surface area contributed by atoms with Crippen LogP contribution in [0.15, 0.2) is 5.57 Å². The largest absolute Gasteiger partial charge is 0.480 e. The predicted molar refractivity (Wildman–Crippen MR) is 199 cm³/mol. The maximum Gasteiger partial charge on any atom is 0.322 e. The van der Waals surface area contributed by atoms with Gasteiger partial charge in [-0.3, -0.25) is 28.8 Å². The second-order valence-corrected chi connectivity index (χ2v) is 14.5. The zero-order chi connectivity index (χ0) is 41.7. The van der Waals surface area contributed by atoms with Crippen molar-refractivity contribution in [3.63, 3.8) is 0 Å². The van der Waals surface area contributed by atoms with Crippen LogP contribution in [0.3, 0.4) is 0 Å². The fourth-order valence-electron chi connectivity index (χ4n) is 10.7. The third-order valence-electron chi connectivity index (χ3n) is 13.2. The summed E-state index contributed by atoms with van der Waals surface area (Å²) in [6, 6.07) is 0. The first-order valence-electron chi connectivity index (χ1n) is 19.0. The quantitative estimate of drug-likeness (QED) is 0.142. The van der Waals surface area contributed by atoms with E-state index in [-0.39, 0.29) is 31.1 Å². The van der Waals surface area contributed by atoms with E-state index in [0.29, 0.717) is 44.5 Å². The first kappa shape index (κ1) is 44.9. The van der Waals surface area contributed by atoms with Crippen LogP contribution < -0.4 is 0 Å². The first-order valence-corrected chi connectivity index (χ1v) is 19.0. The molecule has 0 heterocycles. The van der Waals surface area contributed by atoms with Crippen LogP contribution in [0.2, 0.25) is 0 Å². The Hall–Kier alpha value is -4.22. The zero-order valence-electron chi connectivity index (χ0n) is 33.8. The number of fused-ring (bicyclic) bond motifs is 1. The summed E-state index contributed by atoms with van der Waals surface area (Å²) in [5.74, 6) is -11.2. The molecule has 6 atom stereocenters. The van der Waals surface area contributed by atoms with Crippen LogP contribution in [0, 0.1) is 40.9 Å². The lowest BCUT2D eigenvalue weighted by Gasteiger charge is -2.44. The molecule has 1 aromatic rings. The number of hydrogen-bond acceptors (Lipinski definition) is 6. The van der Waals surface area contributed by atoms with Crippen molar-refractivity contribution in [2.24, 2.45) is 34.0 Å². The van der Waals surface area contributed by atoms with Gasteiger partial charge in [-0.2, -0.15) is 0 Å². The lowest BCUT2D eigenvalue weighted by atomic mass is 9.59. The highest BCUT2D eigenvalue weighted by Gasteiger charge is 2.84. The molecular weight excluding hydrogens is 684 g/mol. The highest BCUT2D eigenvalue weighted by Crippen LogP contribution is 2.81. The maximum absolute atomic E-state index is 12.8. The molecular formula is C41H60O12. The molecule has 5 aliphatic carbocycles. The smallest absolute Gasteiger partial charge is 0.322 e. The minimum atomic E-state index is -2.30. The molecule has 2 spiro atoms. The van der Waals surface area contributed by atoms with Crippen molar-refractivity contribution in [3.8, 4) is 0 Å². The standard InChI is InChI=1S/C33H36O12.4C2H6/c1-11-14(4)31-9-30(25(38)39,26(40)41)8-17(31)13(3)18-15(5)32(10-33(32,27(42)43)28(44)45)21-12(2)16(19(11)22(31)20(18)21)7-29(6,23(34)35)24(36)37;4*1-2/h11,14-15,17H,7-10H2,1-6H3,(H,34,35)(H,36,37)(H,38,39)(H,40,41)(H,42,43)(H,44,45);4*1-2H3. The molecule has 6 unspecified atom stereocenters. The fourth-order valence-corrected chi connectivity index (χ4v) is 10.7. The molecule has 0 radical (unpaired) electrons. The Morgan fingerprint density at radius 1 is 0.698 bits per heavy atom. The maximum atomic E-state index is 12.8. The van der Waals surface area contributed by atoms with E-state index in [4.69, 9.17) is 0 Å². The molecule has 5 aliphatic rings. The summed E-state index contributed by atoms with van der Waals surface area (Å²) in [5, 5.41) is 61.8. The Morgan fingerprint density at radius 3 is 1.53 bits per heavy atom. The lowest BCUT2D eigenvalue weighted by molar-refractivity contribution is -0.166. The van der Waals surface area contributed by atoms with Crippen molar-refractivity contribution in [1.29, 1.82) is 0 Å². The SMILES string of the molecule is CC.CC.CC.CC.CC1=C2c3c4c(c(CC(C)(C(=O)O)C(=O)O)c(C)c3C3(CC3(C(=O)O)C(=O)O)C2C)C(C)C(C)C42CC(C(=O)O)(C(=O)O)CC12. The summed E-state index contributed by atoms with van der Waals surface area (Å²) < 4.78 is 0. The number of allylic oxidation sites excluding steroid dienone is 2. The van der Waals surface area contributed by atoms with E-state index >= 15 is 0 Å². The Bertz CT molecular complexity index is 1710. The van der Waals surface area contributed by atoms with Crippen molar-refractivity contribution in [3.05, 3.63) is 39.0 Å². The summed E-state index contributed by atoms with van der Waals surface area (Å²) in [4.78, 5) is 76.1. The third-order valence-corrected chi connectivity index (χ3v) is 13.2. The molecule has 2 fully saturated rings. The van der Waals surface area contributed by atoms with Crippen molar-refractivity contribution in [2.45, 2.75) is 139 Å². The molecule has 0 aromatic heterocycles. The number of carbonyl (C=O) groups is 6. The third kappa shape index (κ3) is 5.20. The van der Waals surface area contributed by atoms with Crippen LogP contribution in [0.4, 0.5) is 0 Å². The second-order valence-electron chi connectivity index (χ2n) is 14.5. The van der Waals surface area contributed by atoms with E-state index in [2.05, 4.69) is 0 Å². The number of carboxylic acid groups (broad SMARTS) is 6. The molecule has 296 valence electrons. The van der Waals surface area contributed by atoms with Gasteiger partial charge in [0.15, 0.2) is 16.2 Å². The second kappa shape index (κ2) is 14.9. The Labute approximate surface area is 312 Å². The molecule has 0 saturated heterocycles. The van der Waals surface area contributed by atoms with Crippen molar-refractivity contribution in [2.75, 3.05) is 0 Å². The topological polar surface area (TPSA) is 224 Å². The molecule has 6 rings (SSSR count). The molecule has 0 amide bonds.